The van der Waals surface area contributed by atoms with Crippen LogP contribution in [0.5, 0.6) is 0 Å². The van der Waals surface area contributed by atoms with Crippen molar-refractivity contribution in [2.24, 2.45) is 0 Å². The van der Waals surface area contributed by atoms with Crippen molar-refractivity contribution in [3.8, 4) is 9.88 Å². The van der Waals surface area contributed by atoms with Gasteiger partial charge in [-0.2, -0.15) is 0 Å². The lowest BCUT2D eigenvalue weighted by atomic mass is 10.3. The van der Waals surface area contributed by atoms with Crippen molar-refractivity contribution in [2.45, 2.75) is 19.8 Å². The standard InChI is InChI=1S/C16H18N2O5S2/c1-2-22-14(20)6-3-7-17-13(19)9-23-16(21)11-10-25-15(18-11)12-5-4-8-24-12/h4-5,8,10H,2-3,6-7,9H2,1H3,(H,17,19). The normalized spacial score (nSPS) is 10.3. The molecule has 0 saturated heterocycles. The average molecular weight is 382 g/mol. The molecule has 25 heavy (non-hydrogen) atoms. The number of carbonyl (C=O) groups is 3. The van der Waals surface area contributed by atoms with Crippen LogP contribution in [0.1, 0.15) is 30.3 Å². The molecule has 0 unspecified atom stereocenters. The number of ether oxygens (including phenoxy) is 2. The number of esters is 2. The van der Waals surface area contributed by atoms with E-state index < -0.39 is 11.9 Å². The molecule has 0 saturated carbocycles. The second-order valence-corrected chi connectivity index (χ2v) is 6.66. The summed E-state index contributed by atoms with van der Waals surface area (Å²) < 4.78 is 9.72. The van der Waals surface area contributed by atoms with E-state index in [1.54, 1.807) is 12.3 Å². The summed E-state index contributed by atoms with van der Waals surface area (Å²) in [5.74, 6) is -1.36. The number of nitrogens with one attached hydrogen (secondary N) is 1. The van der Waals surface area contributed by atoms with E-state index in [9.17, 15) is 14.4 Å². The Morgan fingerprint density at radius 1 is 1.24 bits per heavy atom. The van der Waals surface area contributed by atoms with Crippen molar-refractivity contribution in [1.82, 2.24) is 10.3 Å². The van der Waals surface area contributed by atoms with Gasteiger partial charge in [-0.3, -0.25) is 9.59 Å². The lowest BCUT2D eigenvalue weighted by Gasteiger charge is -2.05. The van der Waals surface area contributed by atoms with Gasteiger partial charge in [-0.25, -0.2) is 9.78 Å². The van der Waals surface area contributed by atoms with Crippen LogP contribution in [0.15, 0.2) is 22.9 Å². The number of hydrogen-bond donors (Lipinski definition) is 1. The van der Waals surface area contributed by atoms with Gasteiger partial charge in [-0.05, 0) is 24.8 Å². The summed E-state index contributed by atoms with van der Waals surface area (Å²) in [7, 11) is 0. The van der Waals surface area contributed by atoms with Crippen LogP contribution in [0.25, 0.3) is 9.88 Å². The highest BCUT2D eigenvalue weighted by molar-refractivity contribution is 7.20. The van der Waals surface area contributed by atoms with Gasteiger partial charge in [0, 0.05) is 18.3 Å². The number of aromatic nitrogens is 1. The summed E-state index contributed by atoms with van der Waals surface area (Å²) in [4.78, 5) is 39.9. The van der Waals surface area contributed by atoms with Crippen LogP contribution in [0.4, 0.5) is 0 Å². The van der Waals surface area contributed by atoms with E-state index in [1.807, 2.05) is 17.5 Å². The third-order valence-corrected chi connectivity index (χ3v) is 4.85. The molecule has 0 aliphatic heterocycles. The summed E-state index contributed by atoms with van der Waals surface area (Å²) in [5, 5.41) is 6.85. The second kappa shape index (κ2) is 9.90. The minimum absolute atomic E-state index is 0.184. The van der Waals surface area contributed by atoms with Crippen LogP contribution >= 0.6 is 22.7 Å². The van der Waals surface area contributed by atoms with E-state index in [2.05, 4.69) is 10.3 Å². The fourth-order valence-electron chi connectivity index (χ4n) is 1.83. The minimum Gasteiger partial charge on any atom is -0.466 e. The van der Waals surface area contributed by atoms with E-state index in [-0.39, 0.29) is 24.7 Å². The molecule has 0 radical (unpaired) electrons. The fourth-order valence-corrected chi connectivity index (χ4v) is 3.43. The quantitative estimate of drug-likeness (QED) is 0.529. The minimum atomic E-state index is -0.638. The number of thiophene rings is 1. The van der Waals surface area contributed by atoms with E-state index in [0.29, 0.717) is 19.6 Å². The Balaban J connectivity index is 1.67. The van der Waals surface area contributed by atoms with Crippen molar-refractivity contribution in [3.05, 3.63) is 28.6 Å². The topological polar surface area (TPSA) is 94.6 Å². The zero-order chi connectivity index (χ0) is 18.1. The van der Waals surface area contributed by atoms with E-state index in [1.165, 1.54) is 22.7 Å². The monoisotopic (exact) mass is 382 g/mol. The highest BCUT2D eigenvalue weighted by Crippen LogP contribution is 2.27. The lowest BCUT2D eigenvalue weighted by Crippen LogP contribution is -2.30. The van der Waals surface area contributed by atoms with Crippen molar-refractivity contribution >= 4 is 40.5 Å². The number of hydrogen-bond acceptors (Lipinski definition) is 8. The lowest BCUT2D eigenvalue weighted by molar-refractivity contribution is -0.143. The number of rotatable bonds is 9. The summed E-state index contributed by atoms with van der Waals surface area (Å²) in [6, 6.07) is 3.83. The Bertz CT molecular complexity index is 712. The first-order valence-electron chi connectivity index (χ1n) is 7.69. The summed E-state index contributed by atoms with van der Waals surface area (Å²) in [6.45, 7) is 2.00. The molecule has 2 heterocycles. The third-order valence-electron chi connectivity index (χ3n) is 2.96. The molecule has 1 N–H and O–H groups in total. The molecule has 0 atom stereocenters. The number of nitrogens with zero attached hydrogens (tertiary/aromatic N) is 1. The molecular weight excluding hydrogens is 364 g/mol. The van der Waals surface area contributed by atoms with Gasteiger partial charge < -0.3 is 14.8 Å². The van der Waals surface area contributed by atoms with Gasteiger partial charge in [0.1, 0.15) is 5.01 Å². The Morgan fingerprint density at radius 3 is 2.80 bits per heavy atom. The van der Waals surface area contributed by atoms with E-state index in [0.717, 1.165) is 9.88 Å². The van der Waals surface area contributed by atoms with E-state index >= 15 is 0 Å². The molecule has 0 bridgehead atoms. The average Bonchev–Trinajstić information content (AvgIpc) is 3.27. The maximum Gasteiger partial charge on any atom is 0.358 e. The zero-order valence-corrected chi connectivity index (χ0v) is 15.3. The second-order valence-electron chi connectivity index (χ2n) is 4.85. The molecule has 2 rings (SSSR count). The first-order valence-corrected chi connectivity index (χ1v) is 9.45. The highest BCUT2D eigenvalue weighted by Gasteiger charge is 2.15. The van der Waals surface area contributed by atoms with Gasteiger partial charge in [0.2, 0.25) is 0 Å². The van der Waals surface area contributed by atoms with Crippen molar-refractivity contribution < 1.29 is 23.9 Å². The summed E-state index contributed by atoms with van der Waals surface area (Å²) >= 11 is 2.88. The van der Waals surface area contributed by atoms with Gasteiger partial charge >= 0.3 is 11.9 Å². The van der Waals surface area contributed by atoms with Gasteiger partial charge in [-0.15, -0.1) is 22.7 Å². The van der Waals surface area contributed by atoms with Crippen molar-refractivity contribution in [2.75, 3.05) is 19.8 Å². The fraction of sp³-hybridized carbons (Fsp3) is 0.375. The smallest absolute Gasteiger partial charge is 0.358 e. The molecule has 0 aromatic carbocycles. The maximum absolute atomic E-state index is 11.9. The van der Waals surface area contributed by atoms with Gasteiger partial charge in [-0.1, -0.05) is 6.07 Å². The van der Waals surface area contributed by atoms with Crippen LogP contribution in [0.3, 0.4) is 0 Å². The zero-order valence-electron chi connectivity index (χ0n) is 13.6. The molecule has 2 aromatic rings. The SMILES string of the molecule is CCOC(=O)CCCNC(=O)COC(=O)c1csc(-c2cccs2)n1. The Labute approximate surface area is 153 Å². The largest absolute Gasteiger partial charge is 0.466 e. The first kappa shape index (κ1) is 19.1. The maximum atomic E-state index is 11.9. The molecule has 0 spiro atoms. The molecule has 0 aliphatic rings. The van der Waals surface area contributed by atoms with Gasteiger partial charge in [0.05, 0.1) is 11.5 Å². The number of carbonyl (C=O) groups excluding carboxylic acids is 3. The van der Waals surface area contributed by atoms with Crippen LogP contribution in [-0.2, 0) is 19.1 Å². The molecule has 9 heteroatoms. The molecule has 134 valence electrons. The van der Waals surface area contributed by atoms with E-state index in [4.69, 9.17) is 9.47 Å². The molecule has 7 nitrogen and oxygen atoms in total. The number of amides is 1. The predicted molar refractivity (Wildman–Crippen MR) is 94.6 cm³/mol. The van der Waals surface area contributed by atoms with Gasteiger partial charge in [0.15, 0.2) is 12.3 Å². The van der Waals surface area contributed by atoms with Crippen LogP contribution in [0.2, 0.25) is 0 Å². The first-order chi connectivity index (χ1) is 12.1. The molecular formula is C16H18N2O5S2. The molecule has 0 fully saturated rings. The van der Waals surface area contributed by atoms with Crippen LogP contribution < -0.4 is 5.32 Å². The Morgan fingerprint density at radius 2 is 2.08 bits per heavy atom. The van der Waals surface area contributed by atoms with Crippen LogP contribution in [-0.4, -0.2) is 42.6 Å². The Hall–Kier alpha value is -2.26. The van der Waals surface area contributed by atoms with Crippen molar-refractivity contribution in [3.63, 3.8) is 0 Å². The summed E-state index contributed by atoms with van der Waals surface area (Å²) in [5.41, 5.74) is 0.184. The highest BCUT2D eigenvalue weighted by atomic mass is 32.1. The number of thiazole rings is 1. The Kier molecular flexibility index (Phi) is 7.55. The van der Waals surface area contributed by atoms with Crippen molar-refractivity contribution in [1.29, 1.82) is 0 Å². The summed E-state index contributed by atoms with van der Waals surface area (Å²) in [6.07, 6.45) is 0.701. The van der Waals surface area contributed by atoms with Crippen LogP contribution in [0, 0.1) is 0 Å². The predicted octanol–water partition coefficient (Wildman–Crippen LogP) is 2.49. The molecule has 2 aromatic heterocycles. The molecule has 1 amide bonds. The third kappa shape index (κ3) is 6.28. The molecule has 0 aliphatic carbocycles. The van der Waals surface area contributed by atoms with Gasteiger partial charge in [0.25, 0.3) is 5.91 Å².